The molecule has 0 aromatic rings. The number of hydrogen-bond acceptors (Lipinski definition) is 5. The number of rotatable bonds is 7. The SMILES string of the molecule is COCCCC(N)C(=O)N1CCN(CC(C)(C)O)CC1. The van der Waals surface area contributed by atoms with Crippen LogP contribution in [0.3, 0.4) is 0 Å². The molecule has 6 heteroatoms. The molecular weight excluding hydrogens is 258 g/mol. The second-order valence-electron chi connectivity index (χ2n) is 6.16. The van der Waals surface area contributed by atoms with Crippen molar-refractivity contribution in [2.75, 3.05) is 46.4 Å². The van der Waals surface area contributed by atoms with Crippen LogP contribution in [0.15, 0.2) is 0 Å². The van der Waals surface area contributed by atoms with E-state index in [0.29, 0.717) is 32.7 Å². The molecule has 1 fully saturated rings. The van der Waals surface area contributed by atoms with Crippen LogP contribution in [0.1, 0.15) is 26.7 Å². The van der Waals surface area contributed by atoms with Gasteiger partial charge in [0.05, 0.1) is 11.6 Å². The maximum atomic E-state index is 12.2. The normalized spacial score (nSPS) is 19.1. The standard InChI is InChI=1S/C14H29N3O3/c1-14(2,19)11-16-6-8-17(9-7-16)13(18)12(15)5-4-10-20-3/h12,19H,4-11,15H2,1-3H3. The molecule has 3 N–H and O–H groups in total. The van der Waals surface area contributed by atoms with Gasteiger partial charge in [0, 0.05) is 46.4 Å². The number of carbonyl (C=O) groups excluding carboxylic acids is 1. The van der Waals surface area contributed by atoms with Crippen molar-refractivity contribution < 1.29 is 14.6 Å². The summed E-state index contributed by atoms with van der Waals surface area (Å²) in [5.41, 5.74) is 5.23. The van der Waals surface area contributed by atoms with Crippen molar-refractivity contribution >= 4 is 5.91 Å². The zero-order chi connectivity index (χ0) is 15.2. The van der Waals surface area contributed by atoms with E-state index in [2.05, 4.69) is 4.90 Å². The number of β-amino-alcohol motifs (C(OH)–C–C–N with tert-alkyl or cyclic N) is 1. The molecule has 6 nitrogen and oxygen atoms in total. The highest BCUT2D eigenvalue weighted by Crippen LogP contribution is 2.10. The fraction of sp³-hybridized carbons (Fsp3) is 0.929. The van der Waals surface area contributed by atoms with Crippen LogP contribution in [0.25, 0.3) is 0 Å². The maximum Gasteiger partial charge on any atom is 0.239 e. The third-order valence-electron chi connectivity index (χ3n) is 3.48. The molecule has 0 aliphatic carbocycles. The first-order valence-electron chi connectivity index (χ1n) is 7.31. The lowest BCUT2D eigenvalue weighted by Crippen LogP contribution is -2.55. The number of aliphatic hydroxyl groups is 1. The van der Waals surface area contributed by atoms with Crippen LogP contribution >= 0.6 is 0 Å². The Morgan fingerprint density at radius 3 is 2.45 bits per heavy atom. The highest BCUT2D eigenvalue weighted by atomic mass is 16.5. The molecule has 1 heterocycles. The summed E-state index contributed by atoms with van der Waals surface area (Å²) in [6.07, 6.45) is 1.47. The van der Waals surface area contributed by atoms with Crippen LogP contribution in [0.5, 0.6) is 0 Å². The lowest BCUT2D eigenvalue weighted by molar-refractivity contribution is -0.134. The zero-order valence-corrected chi connectivity index (χ0v) is 13.0. The number of methoxy groups -OCH3 is 1. The van der Waals surface area contributed by atoms with Crippen LogP contribution in [0.4, 0.5) is 0 Å². The Balaban J connectivity index is 2.31. The summed E-state index contributed by atoms with van der Waals surface area (Å²) in [4.78, 5) is 16.2. The predicted octanol–water partition coefficient (Wildman–Crippen LogP) is -0.345. The quantitative estimate of drug-likeness (QED) is 0.626. The van der Waals surface area contributed by atoms with Crippen molar-refractivity contribution in [1.82, 2.24) is 9.80 Å². The smallest absolute Gasteiger partial charge is 0.239 e. The van der Waals surface area contributed by atoms with Crippen molar-refractivity contribution in [3.8, 4) is 0 Å². The highest BCUT2D eigenvalue weighted by molar-refractivity contribution is 5.81. The van der Waals surface area contributed by atoms with Crippen molar-refractivity contribution in [2.45, 2.75) is 38.3 Å². The Kier molecular flexibility index (Phi) is 6.88. The van der Waals surface area contributed by atoms with Gasteiger partial charge in [-0.2, -0.15) is 0 Å². The topological polar surface area (TPSA) is 79.0 Å². The molecule has 0 saturated carbocycles. The first kappa shape index (κ1) is 17.4. The summed E-state index contributed by atoms with van der Waals surface area (Å²) in [5.74, 6) is 0.0315. The molecule has 0 radical (unpaired) electrons. The number of ether oxygens (including phenoxy) is 1. The van der Waals surface area contributed by atoms with E-state index in [0.717, 1.165) is 19.5 Å². The first-order chi connectivity index (χ1) is 9.33. The molecule has 0 aromatic heterocycles. The largest absolute Gasteiger partial charge is 0.389 e. The fourth-order valence-corrected chi connectivity index (χ4v) is 2.48. The summed E-state index contributed by atoms with van der Waals surface area (Å²) in [6, 6.07) is -0.425. The number of nitrogens with zero attached hydrogens (tertiary/aromatic N) is 2. The van der Waals surface area contributed by atoms with E-state index in [9.17, 15) is 9.90 Å². The lowest BCUT2D eigenvalue weighted by atomic mass is 10.1. The van der Waals surface area contributed by atoms with Crippen molar-refractivity contribution in [3.05, 3.63) is 0 Å². The van der Waals surface area contributed by atoms with Gasteiger partial charge < -0.3 is 20.5 Å². The van der Waals surface area contributed by atoms with Crippen molar-refractivity contribution in [3.63, 3.8) is 0 Å². The number of amides is 1. The summed E-state index contributed by atoms with van der Waals surface area (Å²) in [6.45, 7) is 7.84. The van der Waals surface area contributed by atoms with E-state index in [1.54, 1.807) is 21.0 Å². The Labute approximate surface area is 121 Å². The van der Waals surface area contributed by atoms with E-state index in [4.69, 9.17) is 10.5 Å². The summed E-state index contributed by atoms with van der Waals surface area (Å²) in [7, 11) is 1.65. The summed E-state index contributed by atoms with van der Waals surface area (Å²) < 4.78 is 4.97. The molecule has 118 valence electrons. The van der Waals surface area contributed by atoms with Gasteiger partial charge in [0.1, 0.15) is 0 Å². The second-order valence-corrected chi connectivity index (χ2v) is 6.16. The monoisotopic (exact) mass is 287 g/mol. The van der Waals surface area contributed by atoms with Crippen LogP contribution in [0, 0.1) is 0 Å². The molecule has 1 rings (SSSR count). The minimum absolute atomic E-state index is 0.0315. The van der Waals surface area contributed by atoms with Gasteiger partial charge in [-0.1, -0.05) is 0 Å². The van der Waals surface area contributed by atoms with Gasteiger partial charge in [-0.3, -0.25) is 9.69 Å². The van der Waals surface area contributed by atoms with Crippen LogP contribution in [-0.4, -0.2) is 78.9 Å². The van der Waals surface area contributed by atoms with Crippen molar-refractivity contribution in [2.24, 2.45) is 5.73 Å². The molecular formula is C14H29N3O3. The third kappa shape index (κ3) is 6.17. The van der Waals surface area contributed by atoms with Gasteiger partial charge in [-0.25, -0.2) is 0 Å². The Bertz CT molecular complexity index is 297. The van der Waals surface area contributed by atoms with E-state index in [1.807, 2.05) is 4.90 Å². The molecule has 20 heavy (non-hydrogen) atoms. The molecule has 0 aromatic carbocycles. The van der Waals surface area contributed by atoms with Crippen LogP contribution < -0.4 is 5.73 Å². The molecule has 0 spiro atoms. The predicted molar refractivity (Wildman–Crippen MR) is 78.4 cm³/mol. The molecule has 1 atom stereocenters. The first-order valence-corrected chi connectivity index (χ1v) is 7.31. The Morgan fingerprint density at radius 1 is 1.35 bits per heavy atom. The number of piperazine rings is 1. The minimum atomic E-state index is -0.692. The Hall–Kier alpha value is -0.690. The van der Waals surface area contributed by atoms with Crippen LogP contribution in [0.2, 0.25) is 0 Å². The average Bonchev–Trinajstić information content (AvgIpc) is 2.37. The number of carbonyl (C=O) groups is 1. The van der Waals surface area contributed by atoms with Crippen LogP contribution in [-0.2, 0) is 9.53 Å². The zero-order valence-electron chi connectivity index (χ0n) is 13.0. The summed E-state index contributed by atoms with van der Waals surface area (Å²) >= 11 is 0. The number of nitrogens with two attached hydrogens (primary N) is 1. The fourth-order valence-electron chi connectivity index (χ4n) is 2.48. The van der Waals surface area contributed by atoms with E-state index in [1.165, 1.54) is 0 Å². The van der Waals surface area contributed by atoms with Gasteiger partial charge >= 0.3 is 0 Å². The number of hydrogen-bond donors (Lipinski definition) is 2. The Morgan fingerprint density at radius 2 is 1.95 bits per heavy atom. The van der Waals surface area contributed by atoms with E-state index >= 15 is 0 Å². The van der Waals surface area contributed by atoms with Crippen molar-refractivity contribution in [1.29, 1.82) is 0 Å². The van der Waals surface area contributed by atoms with E-state index < -0.39 is 11.6 Å². The second kappa shape index (κ2) is 7.93. The van der Waals surface area contributed by atoms with Gasteiger partial charge in [-0.05, 0) is 26.7 Å². The molecule has 1 amide bonds. The third-order valence-corrected chi connectivity index (χ3v) is 3.48. The maximum absolute atomic E-state index is 12.2. The molecule has 1 aliphatic heterocycles. The highest BCUT2D eigenvalue weighted by Gasteiger charge is 2.27. The van der Waals surface area contributed by atoms with Gasteiger partial charge in [0.2, 0.25) is 5.91 Å². The van der Waals surface area contributed by atoms with Gasteiger partial charge in [-0.15, -0.1) is 0 Å². The molecule has 0 bridgehead atoms. The molecule has 1 aliphatic rings. The van der Waals surface area contributed by atoms with Gasteiger partial charge in [0.15, 0.2) is 0 Å². The minimum Gasteiger partial charge on any atom is -0.389 e. The summed E-state index contributed by atoms with van der Waals surface area (Å²) in [5, 5.41) is 9.80. The molecule has 1 saturated heterocycles. The van der Waals surface area contributed by atoms with E-state index in [-0.39, 0.29) is 5.91 Å². The average molecular weight is 287 g/mol. The lowest BCUT2D eigenvalue weighted by Gasteiger charge is -2.38. The van der Waals surface area contributed by atoms with Gasteiger partial charge in [0.25, 0.3) is 0 Å². The molecule has 1 unspecified atom stereocenters.